The third kappa shape index (κ3) is 4.28. The molecule has 0 spiro atoms. The highest BCUT2D eigenvalue weighted by Gasteiger charge is 2.32. The van der Waals surface area contributed by atoms with E-state index in [1.807, 2.05) is 18.5 Å². The van der Waals surface area contributed by atoms with Gasteiger partial charge in [0.05, 0.1) is 11.7 Å². The molecular weight excluding hydrogens is 408 g/mol. The van der Waals surface area contributed by atoms with E-state index in [9.17, 15) is 0 Å². The molecule has 0 radical (unpaired) electrons. The normalized spacial score (nSPS) is 21.2. The second kappa shape index (κ2) is 7.93. The standard InChI is InChI=1S/C27H34N6/c1-17(18-5-6-18)30-23-13-20(9-11-29-23)25-31-22-15-28-14-21(19-7-8-19)24(22)26(32-25)33-12-4-10-27(2,3)16-33/h9,11,13-15,17-19H,4-8,10,12,16H2,1-3H3,(H,29,30)/t17-/m1/s1. The number of rotatable bonds is 6. The number of nitrogens with one attached hydrogen (secondary N) is 1. The van der Waals surface area contributed by atoms with Crippen LogP contribution in [0.4, 0.5) is 11.6 Å². The first kappa shape index (κ1) is 20.8. The number of hydrogen-bond acceptors (Lipinski definition) is 6. The van der Waals surface area contributed by atoms with Crippen LogP contribution in [0.3, 0.4) is 0 Å². The van der Waals surface area contributed by atoms with Crippen LogP contribution in [0.15, 0.2) is 30.7 Å². The summed E-state index contributed by atoms with van der Waals surface area (Å²) in [6, 6.07) is 4.57. The molecule has 172 valence electrons. The number of nitrogens with zero attached hydrogens (tertiary/aromatic N) is 5. The fraction of sp³-hybridized carbons (Fsp3) is 0.556. The molecule has 3 aromatic rings. The first-order valence-corrected chi connectivity index (χ1v) is 12.6. The van der Waals surface area contributed by atoms with E-state index in [1.165, 1.54) is 49.5 Å². The quantitative estimate of drug-likeness (QED) is 0.520. The minimum absolute atomic E-state index is 0.287. The highest BCUT2D eigenvalue weighted by molar-refractivity contribution is 5.94. The zero-order valence-corrected chi connectivity index (χ0v) is 20.0. The van der Waals surface area contributed by atoms with Crippen LogP contribution in [-0.4, -0.2) is 39.1 Å². The molecule has 0 amide bonds. The zero-order valence-electron chi connectivity index (χ0n) is 20.0. The lowest BCUT2D eigenvalue weighted by Crippen LogP contribution is -2.40. The number of piperidine rings is 1. The van der Waals surface area contributed by atoms with E-state index in [0.717, 1.165) is 47.5 Å². The van der Waals surface area contributed by atoms with Gasteiger partial charge in [-0.1, -0.05) is 13.8 Å². The average molecular weight is 443 g/mol. The lowest BCUT2D eigenvalue weighted by molar-refractivity contribution is 0.292. The molecule has 0 aromatic carbocycles. The summed E-state index contributed by atoms with van der Waals surface area (Å²) >= 11 is 0. The van der Waals surface area contributed by atoms with Gasteiger partial charge < -0.3 is 10.2 Å². The van der Waals surface area contributed by atoms with Crippen LogP contribution in [-0.2, 0) is 0 Å². The summed E-state index contributed by atoms with van der Waals surface area (Å²) in [5.74, 6) is 4.13. The number of pyridine rings is 2. The van der Waals surface area contributed by atoms with Gasteiger partial charge in [-0.3, -0.25) is 4.98 Å². The third-order valence-electron chi connectivity index (χ3n) is 7.56. The Morgan fingerprint density at radius 3 is 2.73 bits per heavy atom. The second-order valence-electron chi connectivity index (χ2n) is 11.2. The van der Waals surface area contributed by atoms with Gasteiger partial charge in [0.25, 0.3) is 0 Å². The van der Waals surface area contributed by atoms with Gasteiger partial charge in [0, 0.05) is 42.5 Å². The smallest absolute Gasteiger partial charge is 0.162 e. The van der Waals surface area contributed by atoms with Crippen LogP contribution in [0.25, 0.3) is 22.3 Å². The Morgan fingerprint density at radius 1 is 1.12 bits per heavy atom. The Labute approximate surface area is 196 Å². The molecule has 6 heteroatoms. The van der Waals surface area contributed by atoms with Gasteiger partial charge in [-0.25, -0.2) is 15.0 Å². The minimum Gasteiger partial charge on any atom is -0.367 e. The van der Waals surface area contributed by atoms with Crippen molar-refractivity contribution < 1.29 is 0 Å². The van der Waals surface area contributed by atoms with Gasteiger partial charge in [-0.2, -0.15) is 0 Å². The summed E-state index contributed by atoms with van der Waals surface area (Å²) in [6.07, 6.45) is 13.4. The fourth-order valence-electron chi connectivity index (χ4n) is 5.35. The van der Waals surface area contributed by atoms with E-state index >= 15 is 0 Å². The van der Waals surface area contributed by atoms with Crippen molar-refractivity contribution in [3.8, 4) is 11.4 Å². The fourth-order valence-corrected chi connectivity index (χ4v) is 5.35. The molecule has 1 aliphatic heterocycles. The molecule has 1 atom stereocenters. The van der Waals surface area contributed by atoms with Crippen LogP contribution in [0.2, 0.25) is 0 Å². The third-order valence-corrected chi connectivity index (χ3v) is 7.56. The van der Waals surface area contributed by atoms with Crippen LogP contribution in [0, 0.1) is 11.3 Å². The monoisotopic (exact) mass is 442 g/mol. The first-order chi connectivity index (χ1) is 16.0. The van der Waals surface area contributed by atoms with E-state index < -0.39 is 0 Å². The molecule has 2 saturated carbocycles. The van der Waals surface area contributed by atoms with Gasteiger partial charge >= 0.3 is 0 Å². The largest absolute Gasteiger partial charge is 0.367 e. The summed E-state index contributed by atoms with van der Waals surface area (Å²) < 4.78 is 0. The molecule has 0 unspecified atom stereocenters. The van der Waals surface area contributed by atoms with Crippen molar-refractivity contribution in [1.29, 1.82) is 0 Å². The average Bonchev–Trinajstić information content (AvgIpc) is 3.70. The molecule has 1 N–H and O–H groups in total. The van der Waals surface area contributed by atoms with E-state index in [2.05, 4.69) is 53.2 Å². The molecule has 1 saturated heterocycles. The first-order valence-electron chi connectivity index (χ1n) is 12.6. The van der Waals surface area contributed by atoms with Gasteiger partial charge in [0.15, 0.2) is 5.82 Å². The number of fused-ring (bicyclic) bond motifs is 1. The van der Waals surface area contributed by atoms with Crippen molar-refractivity contribution in [3.05, 3.63) is 36.3 Å². The van der Waals surface area contributed by atoms with Crippen molar-refractivity contribution in [2.24, 2.45) is 11.3 Å². The number of aromatic nitrogens is 4. The Bertz CT molecular complexity index is 1180. The number of anilines is 2. The van der Waals surface area contributed by atoms with E-state index in [-0.39, 0.29) is 5.41 Å². The summed E-state index contributed by atoms with van der Waals surface area (Å²) in [5.41, 5.74) is 3.58. The highest BCUT2D eigenvalue weighted by Crippen LogP contribution is 2.45. The van der Waals surface area contributed by atoms with E-state index in [0.29, 0.717) is 12.0 Å². The van der Waals surface area contributed by atoms with Crippen molar-refractivity contribution in [1.82, 2.24) is 19.9 Å². The van der Waals surface area contributed by atoms with Gasteiger partial charge in [-0.05, 0) is 80.4 Å². The lowest BCUT2D eigenvalue weighted by Gasteiger charge is -2.39. The van der Waals surface area contributed by atoms with Crippen molar-refractivity contribution in [2.75, 3.05) is 23.3 Å². The summed E-state index contributed by atoms with van der Waals surface area (Å²) in [4.78, 5) is 21.9. The zero-order chi connectivity index (χ0) is 22.6. The molecule has 2 aliphatic carbocycles. The maximum atomic E-state index is 5.23. The second-order valence-corrected chi connectivity index (χ2v) is 11.2. The molecule has 33 heavy (non-hydrogen) atoms. The van der Waals surface area contributed by atoms with Crippen LogP contribution in [0.1, 0.15) is 70.8 Å². The molecule has 4 heterocycles. The predicted octanol–water partition coefficient (Wildman–Crippen LogP) is 5.80. The summed E-state index contributed by atoms with van der Waals surface area (Å²) in [6.45, 7) is 9.06. The molecule has 6 nitrogen and oxygen atoms in total. The van der Waals surface area contributed by atoms with Crippen molar-refractivity contribution in [2.45, 2.75) is 71.3 Å². The maximum absolute atomic E-state index is 5.23. The SMILES string of the molecule is C[C@@H](Nc1cc(-c2nc(N3CCCC(C)(C)C3)c3c(C4CC4)cncc3n2)ccn1)C1CC1. The maximum Gasteiger partial charge on any atom is 0.162 e. The van der Waals surface area contributed by atoms with Crippen LogP contribution >= 0.6 is 0 Å². The van der Waals surface area contributed by atoms with Crippen molar-refractivity contribution in [3.63, 3.8) is 0 Å². The van der Waals surface area contributed by atoms with E-state index in [4.69, 9.17) is 9.97 Å². The van der Waals surface area contributed by atoms with E-state index in [1.54, 1.807) is 0 Å². The molecule has 3 aromatic heterocycles. The Kier molecular flexibility index (Phi) is 5.00. The predicted molar refractivity (Wildman–Crippen MR) is 134 cm³/mol. The molecule has 3 fully saturated rings. The summed E-state index contributed by atoms with van der Waals surface area (Å²) in [5, 5.41) is 4.79. The molecule has 3 aliphatic rings. The Hall–Kier alpha value is -2.76. The minimum atomic E-state index is 0.287. The molecular formula is C27H34N6. The van der Waals surface area contributed by atoms with Gasteiger partial charge in [0.1, 0.15) is 11.6 Å². The molecule has 6 rings (SSSR count). The highest BCUT2D eigenvalue weighted by atomic mass is 15.2. The lowest BCUT2D eigenvalue weighted by atomic mass is 9.84. The van der Waals surface area contributed by atoms with Crippen molar-refractivity contribution >= 4 is 22.5 Å². The van der Waals surface area contributed by atoms with Gasteiger partial charge in [-0.15, -0.1) is 0 Å². The topological polar surface area (TPSA) is 66.8 Å². The van der Waals surface area contributed by atoms with Gasteiger partial charge in [0.2, 0.25) is 0 Å². The molecule has 0 bridgehead atoms. The Morgan fingerprint density at radius 2 is 1.97 bits per heavy atom. The van der Waals surface area contributed by atoms with Crippen LogP contribution < -0.4 is 10.2 Å². The summed E-state index contributed by atoms with van der Waals surface area (Å²) in [7, 11) is 0. The number of hydrogen-bond donors (Lipinski definition) is 1. The Balaban J connectivity index is 1.44. The van der Waals surface area contributed by atoms with Crippen LogP contribution in [0.5, 0.6) is 0 Å².